The van der Waals surface area contributed by atoms with Gasteiger partial charge in [-0.3, -0.25) is 9.59 Å². The molecule has 2 N–H and O–H groups in total. The standard InChI is InChI=1S/C13H17N3O3/c1-3-8-14-12(17)13(18)16-15-9-10-6-4-5-7-11(10)19-2/h4-7,9H,3,8H2,1-2H3,(H,14,17)(H,16,18)/b15-9-. The van der Waals surface area contributed by atoms with E-state index < -0.39 is 11.8 Å². The summed E-state index contributed by atoms with van der Waals surface area (Å²) in [6, 6.07) is 7.20. The summed E-state index contributed by atoms with van der Waals surface area (Å²) in [6.45, 7) is 2.36. The molecule has 1 aromatic rings. The molecule has 2 amide bonds. The molecular weight excluding hydrogens is 246 g/mol. The molecule has 0 saturated carbocycles. The zero-order valence-electron chi connectivity index (χ0n) is 11.0. The number of methoxy groups -OCH3 is 1. The molecule has 1 aromatic carbocycles. The number of rotatable bonds is 5. The Labute approximate surface area is 111 Å². The lowest BCUT2D eigenvalue weighted by Gasteiger charge is -2.03. The summed E-state index contributed by atoms with van der Waals surface area (Å²) in [5, 5.41) is 6.17. The quantitative estimate of drug-likeness (QED) is 0.465. The van der Waals surface area contributed by atoms with Crippen LogP contribution in [0.3, 0.4) is 0 Å². The fourth-order valence-electron chi connectivity index (χ4n) is 1.30. The molecule has 0 aromatic heterocycles. The molecule has 0 bridgehead atoms. The van der Waals surface area contributed by atoms with Gasteiger partial charge in [0.2, 0.25) is 0 Å². The van der Waals surface area contributed by atoms with E-state index in [-0.39, 0.29) is 0 Å². The summed E-state index contributed by atoms with van der Waals surface area (Å²) >= 11 is 0. The molecule has 19 heavy (non-hydrogen) atoms. The summed E-state index contributed by atoms with van der Waals surface area (Å²) in [4.78, 5) is 22.6. The first kappa shape index (κ1) is 14.7. The molecule has 6 nitrogen and oxygen atoms in total. The van der Waals surface area contributed by atoms with E-state index in [0.29, 0.717) is 17.9 Å². The third-order valence-electron chi connectivity index (χ3n) is 2.25. The highest BCUT2D eigenvalue weighted by molar-refractivity contribution is 6.35. The second kappa shape index (κ2) is 7.86. The Hall–Kier alpha value is -2.37. The van der Waals surface area contributed by atoms with Gasteiger partial charge in [-0.25, -0.2) is 5.43 Å². The number of amides is 2. The number of hydrazone groups is 1. The van der Waals surface area contributed by atoms with Crippen molar-refractivity contribution < 1.29 is 14.3 Å². The van der Waals surface area contributed by atoms with Gasteiger partial charge in [0.1, 0.15) is 5.75 Å². The highest BCUT2D eigenvalue weighted by atomic mass is 16.5. The highest BCUT2D eigenvalue weighted by Gasteiger charge is 2.10. The van der Waals surface area contributed by atoms with Crippen LogP contribution in [-0.4, -0.2) is 31.7 Å². The number of carbonyl (C=O) groups excluding carboxylic acids is 2. The monoisotopic (exact) mass is 263 g/mol. The Kier molecular flexibility index (Phi) is 6.08. The van der Waals surface area contributed by atoms with E-state index in [1.54, 1.807) is 19.2 Å². The maximum Gasteiger partial charge on any atom is 0.329 e. The van der Waals surface area contributed by atoms with Gasteiger partial charge >= 0.3 is 11.8 Å². The molecule has 0 spiro atoms. The minimum atomic E-state index is -0.792. The van der Waals surface area contributed by atoms with E-state index in [4.69, 9.17) is 4.74 Å². The molecule has 0 radical (unpaired) electrons. The van der Waals surface area contributed by atoms with Gasteiger partial charge in [-0.15, -0.1) is 0 Å². The topological polar surface area (TPSA) is 79.8 Å². The first-order valence-electron chi connectivity index (χ1n) is 5.93. The maximum absolute atomic E-state index is 11.3. The molecule has 0 atom stereocenters. The largest absolute Gasteiger partial charge is 0.496 e. The Bertz CT molecular complexity index is 472. The summed E-state index contributed by atoms with van der Waals surface area (Å²) < 4.78 is 5.12. The summed E-state index contributed by atoms with van der Waals surface area (Å²) in [7, 11) is 1.55. The number of hydrogen-bond acceptors (Lipinski definition) is 4. The Morgan fingerprint density at radius 2 is 2.05 bits per heavy atom. The van der Waals surface area contributed by atoms with E-state index >= 15 is 0 Å². The minimum absolute atomic E-state index is 0.461. The van der Waals surface area contributed by atoms with Crippen LogP contribution in [0, 0.1) is 0 Å². The fraction of sp³-hybridized carbons (Fsp3) is 0.308. The third-order valence-corrected chi connectivity index (χ3v) is 2.25. The molecule has 0 fully saturated rings. The number of carbonyl (C=O) groups is 2. The predicted molar refractivity (Wildman–Crippen MR) is 72.0 cm³/mol. The second-order valence-corrected chi connectivity index (χ2v) is 3.70. The van der Waals surface area contributed by atoms with E-state index in [0.717, 1.165) is 6.42 Å². The van der Waals surface area contributed by atoms with Crippen LogP contribution in [0.4, 0.5) is 0 Å². The van der Waals surface area contributed by atoms with Crippen molar-refractivity contribution >= 4 is 18.0 Å². The molecule has 1 rings (SSSR count). The van der Waals surface area contributed by atoms with Gasteiger partial charge in [0.15, 0.2) is 0 Å². The molecule has 102 valence electrons. The first-order valence-corrected chi connectivity index (χ1v) is 5.93. The zero-order chi connectivity index (χ0) is 14.1. The van der Waals surface area contributed by atoms with E-state index in [1.165, 1.54) is 6.21 Å². The fourth-order valence-corrected chi connectivity index (χ4v) is 1.30. The first-order chi connectivity index (χ1) is 9.19. The lowest BCUT2D eigenvalue weighted by Crippen LogP contribution is -2.38. The van der Waals surface area contributed by atoms with Gasteiger partial charge in [-0.2, -0.15) is 5.10 Å². The maximum atomic E-state index is 11.3. The molecule has 0 aliphatic carbocycles. The van der Waals surface area contributed by atoms with E-state index in [1.807, 2.05) is 19.1 Å². The van der Waals surface area contributed by atoms with Crippen molar-refractivity contribution in [1.29, 1.82) is 0 Å². The average Bonchev–Trinajstić information content (AvgIpc) is 2.45. The average molecular weight is 263 g/mol. The summed E-state index contributed by atoms with van der Waals surface area (Å²) in [5.74, 6) is -0.852. The van der Waals surface area contributed by atoms with Gasteiger partial charge in [-0.1, -0.05) is 19.1 Å². The van der Waals surface area contributed by atoms with Crippen molar-refractivity contribution in [2.45, 2.75) is 13.3 Å². The van der Waals surface area contributed by atoms with Crippen LogP contribution in [0.15, 0.2) is 29.4 Å². The van der Waals surface area contributed by atoms with Crippen molar-refractivity contribution in [1.82, 2.24) is 10.7 Å². The van der Waals surface area contributed by atoms with Gasteiger partial charge in [0, 0.05) is 12.1 Å². The predicted octanol–water partition coefficient (Wildman–Crippen LogP) is 0.672. The van der Waals surface area contributed by atoms with Crippen LogP contribution in [0.25, 0.3) is 0 Å². The number of ether oxygens (including phenoxy) is 1. The van der Waals surface area contributed by atoms with E-state index in [2.05, 4.69) is 15.8 Å². The zero-order valence-corrected chi connectivity index (χ0v) is 11.0. The van der Waals surface area contributed by atoms with Crippen molar-refractivity contribution in [2.24, 2.45) is 5.10 Å². The SMILES string of the molecule is CCCNC(=O)C(=O)N/N=C\c1ccccc1OC. The van der Waals surface area contributed by atoms with Crippen LogP contribution in [0.1, 0.15) is 18.9 Å². The normalized spacial score (nSPS) is 10.2. The van der Waals surface area contributed by atoms with Crippen LogP contribution >= 0.6 is 0 Å². The van der Waals surface area contributed by atoms with Gasteiger partial charge in [-0.05, 0) is 18.6 Å². The molecule has 0 saturated heterocycles. The van der Waals surface area contributed by atoms with Crippen molar-refractivity contribution in [3.63, 3.8) is 0 Å². The highest BCUT2D eigenvalue weighted by Crippen LogP contribution is 2.14. The number of nitrogens with one attached hydrogen (secondary N) is 2. The summed E-state index contributed by atoms with van der Waals surface area (Å²) in [6.07, 6.45) is 2.19. The minimum Gasteiger partial charge on any atom is -0.496 e. The van der Waals surface area contributed by atoms with Crippen molar-refractivity contribution in [2.75, 3.05) is 13.7 Å². The lowest BCUT2D eigenvalue weighted by atomic mass is 10.2. The van der Waals surface area contributed by atoms with Crippen molar-refractivity contribution in [3.8, 4) is 5.75 Å². The lowest BCUT2D eigenvalue weighted by molar-refractivity contribution is -0.139. The molecule has 0 aliphatic rings. The summed E-state index contributed by atoms with van der Waals surface area (Å²) in [5.41, 5.74) is 2.86. The van der Waals surface area contributed by atoms with Gasteiger partial charge in [0.25, 0.3) is 0 Å². The number of para-hydroxylation sites is 1. The Morgan fingerprint density at radius 1 is 1.32 bits per heavy atom. The van der Waals surface area contributed by atoms with Crippen LogP contribution in [0.2, 0.25) is 0 Å². The number of nitrogens with zero attached hydrogens (tertiary/aromatic N) is 1. The van der Waals surface area contributed by atoms with Crippen LogP contribution in [0.5, 0.6) is 5.75 Å². The molecule has 0 heterocycles. The van der Waals surface area contributed by atoms with Crippen LogP contribution < -0.4 is 15.5 Å². The number of benzene rings is 1. The molecular formula is C13H17N3O3. The number of hydrogen-bond donors (Lipinski definition) is 2. The smallest absolute Gasteiger partial charge is 0.329 e. The van der Waals surface area contributed by atoms with Gasteiger partial charge in [0.05, 0.1) is 13.3 Å². The Morgan fingerprint density at radius 3 is 2.74 bits per heavy atom. The molecule has 0 unspecified atom stereocenters. The second-order valence-electron chi connectivity index (χ2n) is 3.70. The third kappa shape index (κ3) is 4.79. The van der Waals surface area contributed by atoms with Crippen LogP contribution in [-0.2, 0) is 9.59 Å². The molecule has 0 aliphatic heterocycles. The van der Waals surface area contributed by atoms with Crippen molar-refractivity contribution in [3.05, 3.63) is 29.8 Å². The Balaban J connectivity index is 2.54. The van der Waals surface area contributed by atoms with E-state index in [9.17, 15) is 9.59 Å². The molecule has 6 heteroatoms. The van der Waals surface area contributed by atoms with Gasteiger partial charge < -0.3 is 10.1 Å².